The molecule has 108 valence electrons. The first-order valence-corrected chi connectivity index (χ1v) is 6.38. The van der Waals surface area contributed by atoms with Crippen LogP contribution in [0.1, 0.15) is 11.1 Å². The van der Waals surface area contributed by atoms with Crippen molar-refractivity contribution in [3.8, 4) is 11.5 Å². The van der Waals surface area contributed by atoms with Crippen molar-refractivity contribution >= 4 is 17.6 Å². The highest BCUT2D eigenvalue weighted by atomic mass is 16.5. The van der Waals surface area contributed by atoms with Gasteiger partial charge < -0.3 is 14.6 Å². The number of hydrogen-bond donors (Lipinski definition) is 1. The fourth-order valence-electron chi connectivity index (χ4n) is 2.00. The topological polar surface area (TPSA) is 55.8 Å². The van der Waals surface area contributed by atoms with Gasteiger partial charge >= 0.3 is 5.97 Å². The zero-order valence-electron chi connectivity index (χ0n) is 11.9. The van der Waals surface area contributed by atoms with E-state index >= 15 is 0 Å². The molecule has 0 unspecified atom stereocenters. The van der Waals surface area contributed by atoms with Crippen LogP contribution in [0, 0.1) is 0 Å². The minimum Gasteiger partial charge on any atom is -0.497 e. The zero-order chi connectivity index (χ0) is 15.2. The number of carboxylic acids is 1. The van der Waals surface area contributed by atoms with E-state index in [0.717, 1.165) is 0 Å². The van der Waals surface area contributed by atoms with Crippen molar-refractivity contribution in [3.63, 3.8) is 0 Å². The number of carboxylic acid groups (broad SMARTS) is 1. The summed E-state index contributed by atoms with van der Waals surface area (Å²) in [6, 6.07) is 14.2. The van der Waals surface area contributed by atoms with Crippen molar-refractivity contribution in [3.05, 3.63) is 59.7 Å². The minimum absolute atomic E-state index is 0.179. The van der Waals surface area contributed by atoms with E-state index in [1.807, 2.05) is 18.2 Å². The lowest BCUT2D eigenvalue weighted by Crippen LogP contribution is -2.00. The van der Waals surface area contributed by atoms with E-state index in [1.54, 1.807) is 50.6 Å². The maximum absolute atomic E-state index is 11.6. The molecule has 0 saturated heterocycles. The standard InChI is InChI=1S/C17H16O4/c1-20-14-8-5-7-12(10-14)15(17(18)19)11-13-6-3-4-9-16(13)21-2/h3-11H,1-2H3,(H,18,19)/b15-11-. The average Bonchev–Trinajstić information content (AvgIpc) is 2.52. The maximum atomic E-state index is 11.6. The summed E-state index contributed by atoms with van der Waals surface area (Å²) in [5.74, 6) is 0.230. The number of hydrogen-bond acceptors (Lipinski definition) is 3. The third kappa shape index (κ3) is 3.42. The average molecular weight is 284 g/mol. The molecule has 4 nitrogen and oxygen atoms in total. The number of aliphatic carboxylic acids is 1. The van der Waals surface area contributed by atoms with Crippen molar-refractivity contribution < 1.29 is 19.4 Å². The summed E-state index contributed by atoms with van der Waals surface area (Å²) in [7, 11) is 3.10. The van der Waals surface area contributed by atoms with E-state index in [-0.39, 0.29) is 5.57 Å². The summed E-state index contributed by atoms with van der Waals surface area (Å²) >= 11 is 0. The van der Waals surface area contributed by atoms with Crippen LogP contribution in [0.25, 0.3) is 11.6 Å². The molecule has 0 fully saturated rings. The van der Waals surface area contributed by atoms with Gasteiger partial charge in [-0.25, -0.2) is 4.79 Å². The molecule has 0 atom stereocenters. The molecule has 2 rings (SSSR count). The Morgan fingerprint density at radius 1 is 1.05 bits per heavy atom. The van der Waals surface area contributed by atoms with Gasteiger partial charge in [0.2, 0.25) is 0 Å². The first-order chi connectivity index (χ1) is 10.2. The second-order valence-electron chi connectivity index (χ2n) is 4.34. The monoisotopic (exact) mass is 284 g/mol. The molecule has 2 aromatic rings. The van der Waals surface area contributed by atoms with Gasteiger partial charge in [0.1, 0.15) is 11.5 Å². The van der Waals surface area contributed by atoms with Gasteiger partial charge in [0.15, 0.2) is 0 Å². The third-order valence-corrected chi connectivity index (χ3v) is 3.05. The van der Waals surface area contributed by atoms with E-state index in [1.165, 1.54) is 0 Å². The Morgan fingerprint density at radius 3 is 2.48 bits per heavy atom. The Morgan fingerprint density at radius 2 is 1.81 bits per heavy atom. The van der Waals surface area contributed by atoms with Crippen LogP contribution in [-0.4, -0.2) is 25.3 Å². The van der Waals surface area contributed by atoms with Gasteiger partial charge in [-0.05, 0) is 29.8 Å². The first-order valence-electron chi connectivity index (χ1n) is 6.38. The van der Waals surface area contributed by atoms with Crippen LogP contribution in [0.5, 0.6) is 11.5 Å². The summed E-state index contributed by atoms with van der Waals surface area (Å²) in [5.41, 5.74) is 1.46. The second kappa shape index (κ2) is 6.61. The van der Waals surface area contributed by atoms with E-state index in [0.29, 0.717) is 22.6 Å². The van der Waals surface area contributed by atoms with Gasteiger partial charge in [-0.1, -0.05) is 30.3 Å². The summed E-state index contributed by atoms with van der Waals surface area (Å²) < 4.78 is 10.4. The van der Waals surface area contributed by atoms with E-state index in [4.69, 9.17) is 9.47 Å². The number of para-hydroxylation sites is 1. The van der Waals surface area contributed by atoms with Crippen LogP contribution >= 0.6 is 0 Å². The molecular weight excluding hydrogens is 268 g/mol. The number of carbonyl (C=O) groups is 1. The molecule has 0 amide bonds. The molecule has 0 bridgehead atoms. The van der Waals surface area contributed by atoms with E-state index < -0.39 is 5.97 Å². The molecule has 0 aliphatic carbocycles. The summed E-state index contributed by atoms with van der Waals surface area (Å²) in [6.45, 7) is 0. The van der Waals surface area contributed by atoms with Crippen molar-refractivity contribution in [2.24, 2.45) is 0 Å². The normalized spacial score (nSPS) is 11.0. The fourth-order valence-corrected chi connectivity index (χ4v) is 2.00. The van der Waals surface area contributed by atoms with E-state index in [2.05, 4.69) is 0 Å². The Hall–Kier alpha value is -2.75. The van der Waals surface area contributed by atoms with Crippen LogP contribution in [0.4, 0.5) is 0 Å². The molecule has 21 heavy (non-hydrogen) atoms. The van der Waals surface area contributed by atoms with Crippen LogP contribution in [0.3, 0.4) is 0 Å². The van der Waals surface area contributed by atoms with E-state index in [9.17, 15) is 9.90 Å². The molecule has 0 radical (unpaired) electrons. The van der Waals surface area contributed by atoms with Gasteiger partial charge in [0.05, 0.1) is 19.8 Å². The highest BCUT2D eigenvalue weighted by molar-refractivity contribution is 6.20. The lowest BCUT2D eigenvalue weighted by atomic mass is 10.0. The summed E-state index contributed by atoms with van der Waals surface area (Å²) in [5, 5.41) is 9.47. The van der Waals surface area contributed by atoms with Crippen LogP contribution < -0.4 is 9.47 Å². The van der Waals surface area contributed by atoms with Crippen LogP contribution in [0.2, 0.25) is 0 Å². The van der Waals surface area contributed by atoms with Crippen molar-refractivity contribution in [2.75, 3.05) is 14.2 Å². The smallest absolute Gasteiger partial charge is 0.336 e. The maximum Gasteiger partial charge on any atom is 0.336 e. The summed E-state index contributed by atoms with van der Waals surface area (Å²) in [6.07, 6.45) is 1.59. The lowest BCUT2D eigenvalue weighted by Gasteiger charge is -2.08. The lowest BCUT2D eigenvalue weighted by molar-refractivity contribution is -0.130. The third-order valence-electron chi connectivity index (χ3n) is 3.05. The molecule has 0 aliphatic rings. The fraction of sp³-hybridized carbons (Fsp3) is 0.118. The van der Waals surface area contributed by atoms with Crippen LogP contribution in [-0.2, 0) is 4.79 Å². The number of ether oxygens (including phenoxy) is 2. The Bertz CT molecular complexity index is 674. The molecule has 2 aromatic carbocycles. The van der Waals surface area contributed by atoms with Gasteiger partial charge in [-0.15, -0.1) is 0 Å². The van der Waals surface area contributed by atoms with Gasteiger partial charge in [-0.2, -0.15) is 0 Å². The molecule has 0 aliphatic heterocycles. The molecule has 0 heterocycles. The quantitative estimate of drug-likeness (QED) is 0.676. The van der Waals surface area contributed by atoms with Gasteiger partial charge in [0.25, 0.3) is 0 Å². The first kappa shape index (κ1) is 14.7. The highest BCUT2D eigenvalue weighted by Crippen LogP contribution is 2.26. The number of methoxy groups -OCH3 is 2. The predicted octanol–water partition coefficient (Wildman–Crippen LogP) is 3.33. The number of benzene rings is 2. The van der Waals surface area contributed by atoms with Crippen molar-refractivity contribution in [1.82, 2.24) is 0 Å². The molecular formula is C17H16O4. The predicted molar refractivity (Wildman–Crippen MR) is 81.5 cm³/mol. The Labute approximate surface area is 123 Å². The zero-order valence-corrected chi connectivity index (χ0v) is 11.9. The van der Waals surface area contributed by atoms with Crippen molar-refractivity contribution in [1.29, 1.82) is 0 Å². The molecule has 0 saturated carbocycles. The highest BCUT2D eigenvalue weighted by Gasteiger charge is 2.12. The Balaban J connectivity index is 2.52. The summed E-state index contributed by atoms with van der Waals surface area (Å²) in [4.78, 5) is 11.6. The van der Waals surface area contributed by atoms with Crippen LogP contribution in [0.15, 0.2) is 48.5 Å². The molecule has 1 N–H and O–H groups in total. The minimum atomic E-state index is -1.01. The molecule has 0 spiro atoms. The second-order valence-corrected chi connectivity index (χ2v) is 4.34. The SMILES string of the molecule is COc1cccc(/C(=C/c2ccccc2OC)C(=O)O)c1. The molecule has 4 heteroatoms. The number of rotatable bonds is 5. The van der Waals surface area contributed by atoms with Crippen molar-refractivity contribution in [2.45, 2.75) is 0 Å². The molecule has 0 aromatic heterocycles. The van der Waals surface area contributed by atoms with Gasteiger partial charge in [0, 0.05) is 5.56 Å². The Kier molecular flexibility index (Phi) is 4.61. The van der Waals surface area contributed by atoms with Gasteiger partial charge in [-0.3, -0.25) is 0 Å². The largest absolute Gasteiger partial charge is 0.497 e.